The molecule has 0 atom stereocenters. The summed E-state index contributed by atoms with van der Waals surface area (Å²) in [5, 5.41) is 14.4. The molecular weight excluding hydrogens is 322 g/mol. The van der Waals surface area contributed by atoms with Crippen LogP contribution in [0.4, 0.5) is 11.5 Å². The number of amides is 1. The number of guanidine groups is 1. The Bertz CT molecular complexity index is 852. The lowest BCUT2D eigenvalue weighted by Crippen LogP contribution is -2.25. The molecule has 9 heteroatoms. The van der Waals surface area contributed by atoms with Gasteiger partial charge < -0.3 is 21.1 Å². The average molecular weight is 341 g/mol. The van der Waals surface area contributed by atoms with Crippen molar-refractivity contribution in [3.63, 3.8) is 0 Å². The van der Waals surface area contributed by atoms with Crippen molar-refractivity contribution in [2.45, 2.75) is 31.7 Å². The Morgan fingerprint density at radius 1 is 1.36 bits per heavy atom. The highest BCUT2D eigenvalue weighted by molar-refractivity contribution is 6.09. The topological polar surface area (TPSA) is 119 Å². The summed E-state index contributed by atoms with van der Waals surface area (Å²) < 4.78 is 6.84. The summed E-state index contributed by atoms with van der Waals surface area (Å²) in [7, 11) is 1.61. The van der Waals surface area contributed by atoms with Gasteiger partial charge in [0, 0.05) is 6.07 Å². The predicted molar refractivity (Wildman–Crippen MR) is 93.4 cm³/mol. The van der Waals surface area contributed by atoms with Gasteiger partial charge in [-0.2, -0.15) is 4.68 Å². The van der Waals surface area contributed by atoms with Gasteiger partial charge in [0.15, 0.2) is 11.5 Å². The van der Waals surface area contributed by atoms with Crippen LogP contribution in [0.15, 0.2) is 23.2 Å². The molecule has 25 heavy (non-hydrogen) atoms. The van der Waals surface area contributed by atoms with Crippen molar-refractivity contribution >= 4 is 23.4 Å². The molecule has 0 saturated heterocycles. The van der Waals surface area contributed by atoms with E-state index in [0.717, 1.165) is 24.2 Å². The number of anilines is 2. The number of carbonyl (C=O) groups is 1. The highest BCUT2D eigenvalue weighted by Crippen LogP contribution is 2.31. The van der Waals surface area contributed by atoms with E-state index in [1.165, 1.54) is 12.8 Å². The summed E-state index contributed by atoms with van der Waals surface area (Å²) in [5.41, 5.74) is 6.98. The lowest BCUT2D eigenvalue weighted by Gasteiger charge is -2.12. The molecule has 2 aromatic rings. The van der Waals surface area contributed by atoms with Crippen molar-refractivity contribution in [1.29, 1.82) is 0 Å². The summed E-state index contributed by atoms with van der Waals surface area (Å²) in [6.45, 7) is 0. The van der Waals surface area contributed by atoms with E-state index in [9.17, 15) is 4.79 Å². The number of nitrogens with zero attached hydrogens (tertiary/aromatic N) is 4. The van der Waals surface area contributed by atoms with Crippen molar-refractivity contribution in [3.8, 4) is 11.4 Å². The van der Waals surface area contributed by atoms with Crippen LogP contribution in [-0.4, -0.2) is 40.0 Å². The van der Waals surface area contributed by atoms with Crippen LogP contribution in [0, 0.1) is 0 Å². The standard InChI is InChI=1S/C16H19N7O2/c1-25-10-6-7-12-11(8-10)19-16(18-9-4-2-3-5-9)20-15-13(14(17)24)21-22-23(12)15/h6-9H,2-5H2,1H3,(H2,17,24)(H2,18,19,20). The van der Waals surface area contributed by atoms with Gasteiger partial charge in [-0.15, -0.1) is 5.10 Å². The number of carbonyl (C=O) groups excluding carboxylic acids is 1. The first kappa shape index (κ1) is 15.4. The maximum Gasteiger partial charge on any atom is 0.273 e. The largest absolute Gasteiger partial charge is 0.497 e. The van der Waals surface area contributed by atoms with E-state index in [2.05, 4.69) is 20.9 Å². The van der Waals surface area contributed by atoms with Crippen LogP contribution in [0.3, 0.4) is 0 Å². The van der Waals surface area contributed by atoms with Crippen molar-refractivity contribution < 1.29 is 9.53 Å². The molecule has 0 unspecified atom stereocenters. The van der Waals surface area contributed by atoms with Gasteiger partial charge in [0.05, 0.1) is 24.5 Å². The van der Waals surface area contributed by atoms with Gasteiger partial charge in [-0.1, -0.05) is 18.1 Å². The molecule has 4 rings (SSSR count). The molecule has 1 aliphatic carbocycles. The SMILES string of the molecule is COc1ccc2c(c1)NC(=NC1CCCC1)Nc1c(C(N)=O)nnn1-2. The number of methoxy groups -OCH3 is 1. The molecule has 130 valence electrons. The highest BCUT2D eigenvalue weighted by atomic mass is 16.5. The van der Waals surface area contributed by atoms with Crippen LogP contribution in [0.5, 0.6) is 5.75 Å². The molecule has 1 aromatic heterocycles. The number of nitrogens with two attached hydrogens (primary N) is 1. The third kappa shape index (κ3) is 2.77. The number of ether oxygens (including phenoxy) is 1. The van der Waals surface area contributed by atoms with Gasteiger partial charge in [0.2, 0.25) is 5.96 Å². The third-order valence-electron chi connectivity index (χ3n) is 4.46. The Morgan fingerprint density at radius 2 is 2.16 bits per heavy atom. The zero-order valence-electron chi connectivity index (χ0n) is 13.8. The van der Waals surface area contributed by atoms with E-state index in [4.69, 9.17) is 15.5 Å². The quantitative estimate of drug-likeness (QED) is 0.778. The lowest BCUT2D eigenvalue weighted by molar-refractivity contribution is 0.0996. The maximum atomic E-state index is 11.7. The van der Waals surface area contributed by atoms with E-state index in [-0.39, 0.29) is 11.7 Å². The molecule has 9 nitrogen and oxygen atoms in total. The van der Waals surface area contributed by atoms with Gasteiger partial charge in [-0.05, 0) is 25.0 Å². The Balaban J connectivity index is 1.84. The van der Waals surface area contributed by atoms with Crippen molar-refractivity contribution in [2.75, 3.05) is 17.7 Å². The normalized spacial score (nSPS) is 18.0. The van der Waals surface area contributed by atoms with E-state index in [1.807, 2.05) is 18.2 Å². The molecule has 1 amide bonds. The Hall–Kier alpha value is -3.10. The van der Waals surface area contributed by atoms with Crippen LogP contribution < -0.4 is 21.1 Å². The number of nitrogens with one attached hydrogen (secondary N) is 2. The minimum Gasteiger partial charge on any atom is -0.497 e. The molecule has 2 aliphatic rings. The number of aliphatic imine (C=N–C) groups is 1. The fourth-order valence-corrected chi connectivity index (χ4v) is 3.21. The summed E-state index contributed by atoms with van der Waals surface area (Å²) in [6.07, 6.45) is 4.46. The number of benzene rings is 1. The van der Waals surface area contributed by atoms with E-state index < -0.39 is 5.91 Å². The molecule has 0 bridgehead atoms. The van der Waals surface area contributed by atoms with Gasteiger partial charge in [0.25, 0.3) is 5.91 Å². The van der Waals surface area contributed by atoms with Gasteiger partial charge >= 0.3 is 0 Å². The molecule has 0 spiro atoms. The minimum atomic E-state index is -0.647. The first-order chi connectivity index (χ1) is 12.2. The third-order valence-corrected chi connectivity index (χ3v) is 4.46. The maximum absolute atomic E-state index is 11.7. The monoisotopic (exact) mass is 341 g/mol. The smallest absolute Gasteiger partial charge is 0.273 e. The first-order valence-electron chi connectivity index (χ1n) is 8.21. The molecule has 1 fully saturated rings. The molecule has 0 radical (unpaired) electrons. The summed E-state index contributed by atoms with van der Waals surface area (Å²) in [5.74, 6) is 1.00. The van der Waals surface area contributed by atoms with Crippen molar-refractivity contribution in [2.24, 2.45) is 10.7 Å². The fraction of sp³-hybridized carbons (Fsp3) is 0.375. The van der Waals surface area contributed by atoms with Crippen LogP contribution in [0.2, 0.25) is 0 Å². The van der Waals surface area contributed by atoms with Crippen LogP contribution >= 0.6 is 0 Å². The van der Waals surface area contributed by atoms with E-state index in [1.54, 1.807) is 11.8 Å². The summed E-state index contributed by atoms with van der Waals surface area (Å²) in [4.78, 5) is 16.5. The van der Waals surface area contributed by atoms with Gasteiger partial charge in [0.1, 0.15) is 5.75 Å². The Morgan fingerprint density at radius 3 is 2.88 bits per heavy atom. The fourth-order valence-electron chi connectivity index (χ4n) is 3.21. The molecule has 4 N–H and O–H groups in total. The lowest BCUT2D eigenvalue weighted by atomic mass is 10.2. The Kier molecular flexibility index (Phi) is 3.75. The molecule has 1 aliphatic heterocycles. The summed E-state index contributed by atoms with van der Waals surface area (Å²) in [6, 6.07) is 5.75. The second-order valence-electron chi connectivity index (χ2n) is 6.11. The predicted octanol–water partition coefficient (Wildman–Crippen LogP) is 1.51. The number of primary amides is 1. The van der Waals surface area contributed by atoms with Crippen LogP contribution in [0.25, 0.3) is 5.69 Å². The van der Waals surface area contributed by atoms with Crippen molar-refractivity contribution in [3.05, 3.63) is 23.9 Å². The molecular formula is C16H19N7O2. The van der Waals surface area contributed by atoms with Crippen LogP contribution in [-0.2, 0) is 0 Å². The zero-order chi connectivity index (χ0) is 17.4. The van der Waals surface area contributed by atoms with Gasteiger partial charge in [-0.3, -0.25) is 4.79 Å². The second-order valence-corrected chi connectivity index (χ2v) is 6.11. The van der Waals surface area contributed by atoms with Gasteiger partial charge in [-0.25, -0.2) is 4.99 Å². The summed E-state index contributed by atoms with van der Waals surface area (Å²) >= 11 is 0. The zero-order valence-corrected chi connectivity index (χ0v) is 13.8. The highest BCUT2D eigenvalue weighted by Gasteiger charge is 2.26. The Labute approximate surface area is 144 Å². The molecule has 1 aromatic carbocycles. The van der Waals surface area contributed by atoms with E-state index >= 15 is 0 Å². The number of fused-ring (bicyclic) bond motifs is 3. The van der Waals surface area contributed by atoms with Crippen molar-refractivity contribution in [1.82, 2.24) is 15.0 Å². The molecule has 2 heterocycles. The minimum absolute atomic E-state index is 0.0737. The number of rotatable bonds is 3. The first-order valence-corrected chi connectivity index (χ1v) is 8.21. The number of aromatic nitrogens is 3. The molecule has 1 saturated carbocycles. The van der Waals surface area contributed by atoms with E-state index in [0.29, 0.717) is 17.5 Å². The second kappa shape index (κ2) is 6.08. The van der Waals surface area contributed by atoms with Crippen LogP contribution in [0.1, 0.15) is 36.2 Å². The number of hydrogen-bond donors (Lipinski definition) is 3. The average Bonchev–Trinajstić information content (AvgIpc) is 3.22. The number of hydrogen-bond acceptors (Lipinski definition) is 5.